The molecule has 3 aromatic rings. The summed E-state index contributed by atoms with van der Waals surface area (Å²) in [6, 6.07) is 8.21. The Balaban J connectivity index is 1.64. The van der Waals surface area contributed by atoms with Crippen molar-refractivity contribution in [2.75, 3.05) is 17.8 Å². The third-order valence-electron chi connectivity index (χ3n) is 5.01. The number of para-hydroxylation sites is 1. The summed E-state index contributed by atoms with van der Waals surface area (Å²) in [4.78, 5) is 19.9. The molecule has 1 aliphatic heterocycles. The molecule has 158 valence electrons. The van der Waals surface area contributed by atoms with Crippen molar-refractivity contribution in [2.24, 2.45) is 7.05 Å². The van der Waals surface area contributed by atoms with Crippen LogP contribution in [0.15, 0.2) is 41.4 Å². The number of carbonyl (C=O) groups is 1. The Kier molecular flexibility index (Phi) is 5.61. The van der Waals surface area contributed by atoms with Gasteiger partial charge in [0.25, 0.3) is 15.9 Å². The zero-order chi connectivity index (χ0) is 21.5. The molecule has 0 saturated carbocycles. The number of sulfonamides is 1. The quantitative estimate of drug-likeness (QED) is 0.614. The predicted molar refractivity (Wildman–Crippen MR) is 119 cm³/mol. The molecule has 2 aromatic heterocycles. The van der Waals surface area contributed by atoms with Gasteiger partial charge in [-0.25, -0.2) is 13.4 Å². The summed E-state index contributed by atoms with van der Waals surface area (Å²) in [5, 5.41) is 0.926. The molecule has 7 nitrogen and oxygen atoms in total. The second-order valence-electron chi connectivity index (χ2n) is 7.19. The van der Waals surface area contributed by atoms with Crippen molar-refractivity contribution >= 4 is 44.6 Å². The van der Waals surface area contributed by atoms with Gasteiger partial charge in [-0.1, -0.05) is 23.7 Å². The number of hydrogen-bond donors (Lipinski definition) is 1. The van der Waals surface area contributed by atoms with Crippen molar-refractivity contribution in [2.45, 2.75) is 24.7 Å². The minimum atomic E-state index is -3.83. The van der Waals surface area contributed by atoms with Crippen LogP contribution in [0.1, 0.15) is 28.2 Å². The number of thiazole rings is 1. The molecule has 0 atom stereocenters. The monoisotopic (exact) mass is 464 g/mol. The van der Waals surface area contributed by atoms with E-state index in [1.165, 1.54) is 17.5 Å². The Morgan fingerprint density at radius 3 is 2.63 bits per heavy atom. The summed E-state index contributed by atoms with van der Waals surface area (Å²) < 4.78 is 29.9. The number of rotatable bonds is 5. The highest BCUT2D eigenvalue weighted by molar-refractivity contribution is 7.92. The summed E-state index contributed by atoms with van der Waals surface area (Å²) >= 11 is 7.37. The lowest BCUT2D eigenvalue weighted by Crippen LogP contribution is -2.27. The molecule has 1 N–H and O–H groups in total. The number of benzene rings is 1. The molecule has 4 rings (SSSR count). The number of likely N-dealkylation sites (tertiary alicyclic amines) is 1. The average molecular weight is 465 g/mol. The Morgan fingerprint density at radius 1 is 1.23 bits per heavy atom. The molecule has 0 unspecified atom stereocenters. The van der Waals surface area contributed by atoms with E-state index in [9.17, 15) is 13.2 Å². The fourth-order valence-corrected chi connectivity index (χ4v) is 5.89. The number of aromatic nitrogens is 2. The van der Waals surface area contributed by atoms with Crippen molar-refractivity contribution in [1.29, 1.82) is 0 Å². The van der Waals surface area contributed by atoms with Gasteiger partial charge in [-0.15, -0.1) is 11.3 Å². The zero-order valence-corrected chi connectivity index (χ0v) is 18.9. The predicted octanol–water partition coefficient (Wildman–Crippen LogP) is 4.15. The second kappa shape index (κ2) is 8.05. The lowest BCUT2D eigenvalue weighted by atomic mass is 10.3. The van der Waals surface area contributed by atoms with Crippen LogP contribution in [0.25, 0.3) is 10.7 Å². The molecule has 30 heavy (non-hydrogen) atoms. The average Bonchev–Trinajstić information content (AvgIpc) is 3.43. The van der Waals surface area contributed by atoms with Crippen LogP contribution >= 0.6 is 22.9 Å². The maximum Gasteiger partial charge on any atom is 0.265 e. The summed E-state index contributed by atoms with van der Waals surface area (Å²) in [5.41, 5.74) is 1.60. The lowest BCUT2D eigenvalue weighted by Gasteiger charge is -2.13. The van der Waals surface area contributed by atoms with Crippen LogP contribution in [0.2, 0.25) is 5.02 Å². The fraction of sp³-hybridized carbons (Fsp3) is 0.300. The third-order valence-corrected chi connectivity index (χ3v) is 7.84. The van der Waals surface area contributed by atoms with E-state index in [0.29, 0.717) is 32.0 Å². The molecule has 1 amide bonds. The van der Waals surface area contributed by atoms with Crippen LogP contribution in [0.5, 0.6) is 0 Å². The van der Waals surface area contributed by atoms with Crippen molar-refractivity contribution in [3.8, 4) is 10.7 Å². The van der Waals surface area contributed by atoms with E-state index < -0.39 is 10.0 Å². The van der Waals surface area contributed by atoms with E-state index in [1.807, 2.05) is 11.8 Å². The molecule has 1 fully saturated rings. The first-order valence-electron chi connectivity index (χ1n) is 9.47. The van der Waals surface area contributed by atoms with Gasteiger partial charge in [-0.3, -0.25) is 9.52 Å². The number of halogens is 1. The SMILES string of the molecule is Cc1nc(-c2cc(S(=O)(=O)Nc3ccccc3Cl)cn2C)sc1C(=O)N1CCCC1. The molecule has 0 radical (unpaired) electrons. The van der Waals surface area contributed by atoms with Crippen molar-refractivity contribution in [3.05, 3.63) is 52.1 Å². The normalized spacial score (nSPS) is 14.3. The van der Waals surface area contributed by atoms with Gasteiger partial charge >= 0.3 is 0 Å². The van der Waals surface area contributed by atoms with E-state index in [2.05, 4.69) is 9.71 Å². The van der Waals surface area contributed by atoms with Crippen LogP contribution in [-0.2, 0) is 17.1 Å². The number of nitrogens with one attached hydrogen (secondary N) is 1. The van der Waals surface area contributed by atoms with Crippen LogP contribution in [0.4, 0.5) is 5.69 Å². The Hall–Kier alpha value is -2.36. The minimum Gasteiger partial charge on any atom is -0.347 e. The van der Waals surface area contributed by atoms with Crippen molar-refractivity contribution in [3.63, 3.8) is 0 Å². The first kappa shape index (κ1) is 20.9. The van der Waals surface area contributed by atoms with E-state index in [4.69, 9.17) is 11.6 Å². The summed E-state index contributed by atoms with van der Waals surface area (Å²) in [6.07, 6.45) is 3.56. The van der Waals surface area contributed by atoms with Crippen LogP contribution < -0.4 is 4.72 Å². The smallest absolute Gasteiger partial charge is 0.265 e. The van der Waals surface area contributed by atoms with E-state index in [0.717, 1.165) is 25.9 Å². The Bertz CT molecular complexity index is 1210. The second-order valence-corrected chi connectivity index (χ2v) is 10.3. The van der Waals surface area contributed by atoms with E-state index in [1.54, 1.807) is 41.9 Å². The van der Waals surface area contributed by atoms with Gasteiger partial charge in [-0.2, -0.15) is 0 Å². The topological polar surface area (TPSA) is 84.3 Å². The number of carbonyl (C=O) groups excluding carboxylic acids is 1. The largest absolute Gasteiger partial charge is 0.347 e. The van der Waals surface area contributed by atoms with Gasteiger partial charge in [0.2, 0.25) is 0 Å². The maximum absolute atomic E-state index is 12.8. The standard InChI is InChI=1S/C20H21ClN4O3S2/c1-13-18(20(26)25-9-5-6-10-25)29-19(22-13)17-11-14(12-24(17)2)30(27,28)23-16-8-4-3-7-15(16)21/h3-4,7-8,11-12,23H,5-6,9-10H2,1-2H3. The molecule has 10 heteroatoms. The van der Waals surface area contributed by atoms with Crippen LogP contribution in [0, 0.1) is 6.92 Å². The lowest BCUT2D eigenvalue weighted by molar-refractivity contribution is 0.0796. The molecule has 3 heterocycles. The van der Waals surface area contributed by atoms with Gasteiger partial charge in [0.1, 0.15) is 14.8 Å². The highest BCUT2D eigenvalue weighted by Crippen LogP contribution is 2.32. The Labute approximate surface area is 184 Å². The summed E-state index contributed by atoms with van der Waals surface area (Å²) in [6.45, 7) is 3.35. The van der Waals surface area contributed by atoms with Crippen molar-refractivity contribution < 1.29 is 13.2 Å². The van der Waals surface area contributed by atoms with Gasteiger partial charge in [-0.05, 0) is 38.0 Å². The van der Waals surface area contributed by atoms with E-state index in [-0.39, 0.29) is 10.8 Å². The van der Waals surface area contributed by atoms with Crippen LogP contribution in [-0.4, -0.2) is 41.9 Å². The zero-order valence-electron chi connectivity index (χ0n) is 16.6. The van der Waals surface area contributed by atoms with Gasteiger partial charge < -0.3 is 9.47 Å². The molecule has 1 aliphatic rings. The van der Waals surface area contributed by atoms with Crippen LogP contribution in [0.3, 0.4) is 0 Å². The number of hydrogen-bond acceptors (Lipinski definition) is 5. The van der Waals surface area contributed by atoms with Gasteiger partial charge in [0.05, 0.1) is 22.1 Å². The molecular formula is C20H21ClN4O3S2. The minimum absolute atomic E-state index is 0.00353. The Morgan fingerprint density at radius 2 is 1.93 bits per heavy atom. The number of aryl methyl sites for hydroxylation is 2. The summed E-state index contributed by atoms with van der Waals surface area (Å²) in [5.74, 6) is -0.00353. The molecule has 0 aliphatic carbocycles. The van der Waals surface area contributed by atoms with Crippen molar-refractivity contribution in [1.82, 2.24) is 14.5 Å². The highest BCUT2D eigenvalue weighted by Gasteiger charge is 2.26. The molecule has 1 aromatic carbocycles. The fourth-order valence-electron chi connectivity index (χ4n) is 3.41. The number of amides is 1. The molecule has 1 saturated heterocycles. The molecular weight excluding hydrogens is 444 g/mol. The molecule has 0 bridgehead atoms. The van der Waals surface area contributed by atoms with E-state index >= 15 is 0 Å². The maximum atomic E-state index is 12.8. The number of nitrogens with zero attached hydrogens (tertiary/aromatic N) is 3. The first-order valence-corrected chi connectivity index (χ1v) is 12.1. The first-order chi connectivity index (χ1) is 14.3. The number of anilines is 1. The molecule has 0 spiro atoms. The van der Waals surface area contributed by atoms with Gasteiger partial charge in [0, 0.05) is 26.3 Å². The summed E-state index contributed by atoms with van der Waals surface area (Å²) in [7, 11) is -2.08. The third kappa shape index (κ3) is 3.97. The van der Waals surface area contributed by atoms with Gasteiger partial charge in [0.15, 0.2) is 0 Å². The highest BCUT2D eigenvalue weighted by atomic mass is 35.5.